The van der Waals surface area contributed by atoms with Gasteiger partial charge in [-0.3, -0.25) is 0 Å². The molecular formula is C23H28N4O2. The lowest BCUT2D eigenvalue weighted by Crippen LogP contribution is -2.09. The van der Waals surface area contributed by atoms with Crippen LogP contribution >= 0.6 is 0 Å². The molecule has 29 heavy (non-hydrogen) atoms. The molecule has 0 saturated heterocycles. The average molecular weight is 393 g/mol. The summed E-state index contributed by atoms with van der Waals surface area (Å²) in [6, 6.07) is 19.9. The monoisotopic (exact) mass is 392 g/mol. The van der Waals surface area contributed by atoms with Gasteiger partial charge in [0.1, 0.15) is 11.6 Å². The molecule has 0 atom stereocenters. The van der Waals surface area contributed by atoms with Crippen LogP contribution in [-0.2, 0) is 4.74 Å². The molecule has 0 spiro atoms. The van der Waals surface area contributed by atoms with Crippen molar-refractivity contribution < 1.29 is 9.47 Å². The second-order valence-corrected chi connectivity index (χ2v) is 6.92. The summed E-state index contributed by atoms with van der Waals surface area (Å²) >= 11 is 0. The number of benzene rings is 2. The number of hydrogen-bond acceptors (Lipinski definition) is 6. The Balaban J connectivity index is 1.80. The molecule has 0 radical (unpaired) electrons. The smallest absolute Gasteiger partial charge is 0.225 e. The number of nitrogens with zero attached hydrogens (tertiary/aromatic N) is 2. The van der Waals surface area contributed by atoms with E-state index in [1.807, 2.05) is 74.5 Å². The van der Waals surface area contributed by atoms with Crippen molar-refractivity contribution in [3.8, 4) is 17.0 Å². The van der Waals surface area contributed by atoms with Gasteiger partial charge in [-0.05, 0) is 44.5 Å². The second kappa shape index (κ2) is 10.4. The van der Waals surface area contributed by atoms with Crippen molar-refractivity contribution in [2.75, 3.05) is 30.9 Å². The molecule has 0 saturated carbocycles. The molecule has 0 aliphatic heterocycles. The summed E-state index contributed by atoms with van der Waals surface area (Å²) in [5.74, 6) is 2.16. The Bertz CT molecular complexity index is 883. The Hall–Kier alpha value is -3.12. The summed E-state index contributed by atoms with van der Waals surface area (Å²) in [7, 11) is 1.70. The van der Waals surface area contributed by atoms with Gasteiger partial charge in [0.15, 0.2) is 0 Å². The van der Waals surface area contributed by atoms with Crippen molar-refractivity contribution in [1.82, 2.24) is 9.97 Å². The standard InChI is InChI=1S/C23H28N4O2/c1-17(2)29-20-12-10-19(11-13-20)25-22-16-21(18-8-5-4-6-9-18)26-23(27-22)24-14-7-15-28-3/h4-6,8-13,16-17H,7,14-15H2,1-3H3,(H2,24,25,26,27). The molecule has 0 unspecified atom stereocenters. The minimum Gasteiger partial charge on any atom is -0.491 e. The lowest BCUT2D eigenvalue weighted by molar-refractivity contribution is 0.197. The fourth-order valence-corrected chi connectivity index (χ4v) is 2.80. The van der Waals surface area contributed by atoms with E-state index in [9.17, 15) is 0 Å². The number of anilines is 3. The van der Waals surface area contributed by atoms with Gasteiger partial charge in [-0.15, -0.1) is 0 Å². The molecule has 6 nitrogen and oxygen atoms in total. The van der Waals surface area contributed by atoms with E-state index in [1.165, 1.54) is 0 Å². The topological polar surface area (TPSA) is 68.3 Å². The maximum atomic E-state index is 5.71. The van der Waals surface area contributed by atoms with Crippen molar-refractivity contribution in [1.29, 1.82) is 0 Å². The molecule has 0 bridgehead atoms. The van der Waals surface area contributed by atoms with Gasteiger partial charge < -0.3 is 20.1 Å². The number of nitrogens with one attached hydrogen (secondary N) is 2. The van der Waals surface area contributed by atoms with Crippen molar-refractivity contribution in [3.05, 3.63) is 60.7 Å². The average Bonchev–Trinajstić information content (AvgIpc) is 2.73. The summed E-state index contributed by atoms with van der Waals surface area (Å²) in [5, 5.41) is 6.65. The number of methoxy groups -OCH3 is 1. The molecule has 6 heteroatoms. The summed E-state index contributed by atoms with van der Waals surface area (Å²) in [6.07, 6.45) is 1.03. The zero-order valence-corrected chi connectivity index (χ0v) is 17.2. The minimum atomic E-state index is 0.149. The third kappa shape index (κ3) is 6.47. The Morgan fingerprint density at radius 3 is 2.41 bits per heavy atom. The first-order valence-corrected chi connectivity index (χ1v) is 9.85. The van der Waals surface area contributed by atoms with Crippen LogP contribution in [0.3, 0.4) is 0 Å². The van der Waals surface area contributed by atoms with Gasteiger partial charge in [0, 0.05) is 37.6 Å². The van der Waals surface area contributed by atoms with Crippen LogP contribution in [0.15, 0.2) is 60.7 Å². The number of hydrogen-bond donors (Lipinski definition) is 2. The third-order valence-electron chi connectivity index (χ3n) is 4.10. The summed E-state index contributed by atoms with van der Waals surface area (Å²) in [4.78, 5) is 9.28. The molecular weight excluding hydrogens is 364 g/mol. The van der Waals surface area contributed by atoms with Gasteiger partial charge in [0.05, 0.1) is 11.8 Å². The molecule has 0 fully saturated rings. The molecule has 3 aromatic rings. The molecule has 2 N–H and O–H groups in total. The van der Waals surface area contributed by atoms with Gasteiger partial charge in [0.2, 0.25) is 5.95 Å². The van der Waals surface area contributed by atoms with Gasteiger partial charge in [-0.1, -0.05) is 30.3 Å². The molecule has 2 aromatic carbocycles. The van der Waals surface area contributed by atoms with Gasteiger partial charge >= 0.3 is 0 Å². The Morgan fingerprint density at radius 2 is 1.72 bits per heavy atom. The van der Waals surface area contributed by atoms with Crippen molar-refractivity contribution in [2.24, 2.45) is 0 Å². The number of rotatable bonds is 10. The third-order valence-corrected chi connectivity index (χ3v) is 4.10. The quantitative estimate of drug-likeness (QED) is 0.467. The molecule has 0 aliphatic rings. The Kier molecular flexibility index (Phi) is 7.41. The first-order valence-electron chi connectivity index (χ1n) is 9.85. The first kappa shape index (κ1) is 20.6. The van der Waals surface area contributed by atoms with E-state index in [-0.39, 0.29) is 6.10 Å². The van der Waals surface area contributed by atoms with Crippen LogP contribution in [0.5, 0.6) is 5.75 Å². The van der Waals surface area contributed by atoms with E-state index < -0.39 is 0 Å². The van der Waals surface area contributed by atoms with E-state index in [0.717, 1.165) is 41.5 Å². The van der Waals surface area contributed by atoms with Crippen molar-refractivity contribution in [2.45, 2.75) is 26.4 Å². The normalized spacial score (nSPS) is 10.8. The van der Waals surface area contributed by atoms with E-state index in [0.29, 0.717) is 12.6 Å². The predicted molar refractivity (Wildman–Crippen MR) is 118 cm³/mol. The van der Waals surface area contributed by atoms with Gasteiger partial charge in [-0.25, -0.2) is 4.98 Å². The zero-order chi connectivity index (χ0) is 20.5. The van der Waals surface area contributed by atoms with Crippen LogP contribution in [0, 0.1) is 0 Å². The van der Waals surface area contributed by atoms with Crippen LogP contribution in [0.2, 0.25) is 0 Å². The lowest BCUT2D eigenvalue weighted by Gasteiger charge is -2.13. The predicted octanol–water partition coefficient (Wildman–Crippen LogP) is 5.12. The van der Waals surface area contributed by atoms with Gasteiger partial charge in [0.25, 0.3) is 0 Å². The largest absolute Gasteiger partial charge is 0.491 e. The SMILES string of the molecule is COCCCNc1nc(Nc2ccc(OC(C)C)cc2)cc(-c2ccccc2)n1. The molecule has 1 aromatic heterocycles. The molecule has 0 amide bonds. The van der Waals surface area contributed by atoms with Crippen LogP contribution in [0.4, 0.5) is 17.5 Å². The Labute approximate surface area is 172 Å². The fraction of sp³-hybridized carbons (Fsp3) is 0.304. The van der Waals surface area contributed by atoms with E-state index in [4.69, 9.17) is 9.47 Å². The highest BCUT2D eigenvalue weighted by Crippen LogP contribution is 2.25. The zero-order valence-electron chi connectivity index (χ0n) is 17.2. The van der Waals surface area contributed by atoms with E-state index in [1.54, 1.807) is 7.11 Å². The fourth-order valence-electron chi connectivity index (χ4n) is 2.80. The Morgan fingerprint density at radius 1 is 0.966 bits per heavy atom. The summed E-state index contributed by atoms with van der Waals surface area (Å²) in [5.41, 5.74) is 2.83. The molecule has 3 rings (SSSR count). The minimum absolute atomic E-state index is 0.149. The highest BCUT2D eigenvalue weighted by molar-refractivity contribution is 5.67. The first-order chi connectivity index (χ1) is 14.1. The van der Waals surface area contributed by atoms with E-state index >= 15 is 0 Å². The highest BCUT2D eigenvalue weighted by atomic mass is 16.5. The molecule has 1 heterocycles. The van der Waals surface area contributed by atoms with E-state index in [2.05, 4.69) is 20.6 Å². The molecule has 0 aliphatic carbocycles. The number of ether oxygens (including phenoxy) is 2. The van der Waals surface area contributed by atoms with Crippen LogP contribution in [0.25, 0.3) is 11.3 Å². The van der Waals surface area contributed by atoms with Crippen molar-refractivity contribution >= 4 is 17.5 Å². The number of aromatic nitrogens is 2. The maximum Gasteiger partial charge on any atom is 0.225 e. The molecule has 152 valence electrons. The van der Waals surface area contributed by atoms with Crippen LogP contribution < -0.4 is 15.4 Å². The summed E-state index contributed by atoms with van der Waals surface area (Å²) in [6.45, 7) is 5.46. The maximum absolute atomic E-state index is 5.71. The van der Waals surface area contributed by atoms with Gasteiger partial charge in [-0.2, -0.15) is 4.98 Å². The second-order valence-electron chi connectivity index (χ2n) is 6.92. The highest BCUT2D eigenvalue weighted by Gasteiger charge is 2.08. The lowest BCUT2D eigenvalue weighted by atomic mass is 10.1. The van der Waals surface area contributed by atoms with Crippen molar-refractivity contribution in [3.63, 3.8) is 0 Å². The van der Waals surface area contributed by atoms with Crippen LogP contribution in [0.1, 0.15) is 20.3 Å². The summed E-state index contributed by atoms with van der Waals surface area (Å²) < 4.78 is 10.8. The van der Waals surface area contributed by atoms with Crippen LogP contribution in [-0.4, -0.2) is 36.3 Å².